The number of carbonyl (C=O) groups is 2. The zero-order valence-electron chi connectivity index (χ0n) is 19.5. The standard InChI is InChI=1S/C23H35N3O4Si/c1-23(2,3)31(5,6)30-15-19(26-22(28)20-14-24-16-25-20)11-10-17-8-7-9-18(12-17)13-21(27)29-4/h7-9,12,14,16,19H,10-11,13,15H2,1-6H3,(H,24,25)(H,26,28). The number of nitrogens with one attached hydrogen (secondary N) is 2. The van der Waals surface area contributed by atoms with Gasteiger partial charge in [-0.3, -0.25) is 9.59 Å². The topological polar surface area (TPSA) is 93.3 Å². The molecule has 1 aromatic heterocycles. The summed E-state index contributed by atoms with van der Waals surface area (Å²) in [5.74, 6) is -0.453. The van der Waals surface area contributed by atoms with Gasteiger partial charge >= 0.3 is 5.97 Å². The molecule has 0 aliphatic heterocycles. The first-order chi connectivity index (χ1) is 14.5. The maximum absolute atomic E-state index is 12.6. The first kappa shape index (κ1) is 24.8. The van der Waals surface area contributed by atoms with E-state index in [4.69, 9.17) is 9.16 Å². The number of H-pyrrole nitrogens is 1. The van der Waals surface area contributed by atoms with E-state index in [1.54, 1.807) is 0 Å². The van der Waals surface area contributed by atoms with Gasteiger partial charge in [-0.25, -0.2) is 4.98 Å². The largest absolute Gasteiger partial charge is 0.469 e. The molecule has 0 bridgehead atoms. The third-order valence-corrected chi connectivity index (χ3v) is 10.4. The third kappa shape index (κ3) is 7.63. The summed E-state index contributed by atoms with van der Waals surface area (Å²) in [6, 6.07) is 7.76. The molecule has 0 fully saturated rings. The quantitative estimate of drug-likeness (QED) is 0.428. The van der Waals surface area contributed by atoms with E-state index in [1.165, 1.54) is 19.6 Å². The Morgan fingerprint density at radius 1 is 1.23 bits per heavy atom. The molecular weight excluding hydrogens is 410 g/mol. The van der Waals surface area contributed by atoms with Gasteiger partial charge in [0, 0.05) is 0 Å². The van der Waals surface area contributed by atoms with E-state index in [0.717, 1.165) is 24.0 Å². The molecule has 0 aliphatic rings. The summed E-state index contributed by atoms with van der Waals surface area (Å²) in [5, 5.41) is 3.17. The predicted molar refractivity (Wildman–Crippen MR) is 123 cm³/mol. The Labute approximate surface area is 186 Å². The van der Waals surface area contributed by atoms with Crippen LogP contribution >= 0.6 is 0 Å². The number of esters is 1. The van der Waals surface area contributed by atoms with Crippen LogP contribution in [-0.4, -0.2) is 49.9 Å². The van der Waals surface area contributed by atoms with Crippen molar-refractivity contribution < 1.29 is 18.8 Å². The van der Waals surface area contributed by atoms with Gasteiger partial charge in [-0.05, 0) is 42.1 Å². The molecule has 0 saturated carbocycles. The summed E-state index contributed by atoms with van der Waals surface area (Å²) in [4.78, 5) is 30.9. The van der Waals surface area contributed by atoms with Gasteiger partial charge in [0.1, 0.15) is 5.69 Å². The highest BCUT2D eigenvalue weighted by molar-refractivity contribution is 6.74. The lowest BCUT2D eigenvalue weighted by atomic mass is 10.0. The number of methoxy groups -OCH3 is 1. The maximum Gasteiger partial charge on any atom is 0.309 e. The number of imidazole rings is 1. The zero-order valence-corrected chi connectivity index (χ0v) is 20.5. The summed E-state index contributed by atoms with van der Waals surface area (Å²) >= 11 is 0. The Morgan fingerprint density at radius 3 is 2.55 bits per heavy atom. The van der Waals surface area contributed by atoms with Gasteiger partial charge in [-0.1, -0.05) is 45.0 Å². The summed E-state index contributed by atoms with van der Waals surface area (Å²) in [6.07, 6.45) is 4.72. The Bertz CT molecular complexity index is 860. The number of benzene rings is 1. The van der Waals surface area contributed by atoms with Crippen molar-refractivity contribution in [3.05, 3.63) is 53.6 Å². The molecule has 0 spiro atoms. The molecule has 2 rings (SSSR count). The van der Waals surface area contributed by atoms with Gasteiger partial charge in [0.05, 0.1) is 38.7 Å². The van der Waals surface area contributed by atoms with Crippen molar-refractivity contribution in [2.24, 2.45) is 0 Å². The first-order valence-electron chi connectivity index (χ1n) is 10.6. The minimum atomic E-state index is -1.95. The number of ether oxygens (including phenoxy) is 1. The van der Waals surface area contributed by atoms with Crippen LogP contribution in [0.2, 0.25) is 18.1 Å². The number of hydrogen-bond acceptors (Lipinski definition) is 5. The fraction of sp³-hybridized carbons (Fsp3) is 0.522. The van der Waals surface area contributed by atoms with Gasteiger partial charge in [-0.15, -0.1) is 0 Å². The van der Waals surface area contributed by atoms with Gasteiger partial charge in [-0.2, -0.15) is 0 Å². The molecule has 7 nitrogen and oxygen atoms in total. The number of aryl methyl sites for hydroxylation is 1. The molecule has 8 heteroatoms. The van der Waals surface area contributed by atoms with Crippen LogP contribution in [0.3, 0.4) is 0 Å². The number of hydrogen-bond donors (Lipinski definition) is 2. The van der Waals surface area contributed by atoms with Crippen molar-refractivity contribution in [3.63, 3.8) is 0 Å². The molecule has 0 radical (unpaired) electrons. The fourth-order valence-corrected chi connectivity index (χ4v) is 3.89. The number of nitrogens with zero attached hydrogens (tertiary/aromatic N) is 1. The summed E-state index contributed by atoms with van der Waals surface area (Å²) in [7, 11) is -0.557. The molecule has 1 aromatic carbocycles. The fourth-order valence-electron chi connectivity index (χ4n) is 2.84. The Morgan fingerprint density at radius 2 is 1.94 bits per heavy atom. The van der Waals surface area contributed by atoms with E-state index in [1.807, 2.05) is 24.3 Å². The van der Waals surface area contributed by atoms with E-state index in [0.29, 0.717) is 12.3 Å². The van der Waals surface area contributed by atoms with E-state index < -0.39 is 8.32 Å². The van der Waals surface area contributed by atoms with E-state index in [2.05, 4.69) is 49.1 Å². The van der Waals surface area contributed by atoms with Crippen molar-refractivity contribution in [1.29, 1.82) is 0 Å². The van der Waals surface area contributed by atoms with Gasteiger partial charge in [0.15, 0.2) is 8.32 Å². The number of aromatic nitrogens is 2. The van der Waals surface area contributed by atoms with E-state index in [9.17, 15) is 9.59 Å². The third-order valence-electron chi connectivity index (χ3n) is 5.88. The predicted octanol–water partition coefficient (Wildman–Crippen LogP) is 3.88. The minimum absolute atomic E-state index is 0.0904. The lowest BCUT2D eigenvalue weighted by molar-refractivity contribution is -0.139. The molecule has 1 atom stereocenters. The SMILES string of the molecule is COC(=O)Cc1cccc(CCC(CO[Si](C)(C)C(C)(C)C)NC(=O)c2cnc[nH]2)c1. The maximum atomic E-state index is 12.6. The van der Waals surface area contributed by atoms with Gasteiger partial charge in [0.2, 0.25) is 0 Å². The average Bonchev–Trinajstić information content (AvgIpc) is 3.24. The number of rotatable bonds is 10. The van der Waals surface area contributed by atoms with Crippen LogP contribution in [-0.2, 0) is 26.8 Å². The molecule has 1 amide bonds. The van der Waals surface area contributed by atoms with E-state index >= 15 is 0 Å². The summed E-state index contributed by atoms with van der Waals surface area (Å²) in [5.41, 5.74) is 2.45. The highest BCUT2D eigenvalue weighted by atomic mass is 28.4. The Kier molecular flexibility index (Phi) is 8.58. The molecule has 0 aliphatic carbocycles. The van der Waals surface area contributed by atoms with Crippen molar-refractivity contribution in [3.8, 4) is 0 Å². The lowest BCUT2D eigenvalue weighted by Crippen LogP contribution is -2.46. The van der Waals surface area contributed by atoms with Crippen LogP contribution in [0.15, 0.2) is 36.8 Å². The molecule has 170 valence electrons. The lowest BCUT2D eigenvalue weighted by Gasteiger charge is -2.37. The van der Waals surface area contributed by atoms with Crippen molar-refractivity contribution >= 4 is 20.2 Å². The smallest absolute Gasteiger partial charge is 0.309 e. The second kappa shape index (κ2) is 10.7. The second-order valence-corrected chi connectivity index (χ2v) is 14.1. The highest BCUT2D eigenvalue weighted by Gasteiger charge is 2.37. The molecular formula is C23H35N3O4Si. The Balaban J connectivity index is 2.06. The van der Waals surface area contributed by atoms with Crippen LogP contribution in [0.25, 0.3) is 0 Å². The van der Waals surface area contributed by atoms with Crippen LogP contribution in [0.5, 0.6) is 0 Å². The van der Waals surface area contributed by atoms with Crippen LogP contribution in [0.1, 0.15) is 48.8 Å². The molecule has 1 unspecified atom stereocenters. The molecule has 31 heavy (non-hydrogen) atoms. The average molecular weight is 446 g/mol. The summed E-state index contributed by atoms with van der Waals surface area (Å²) in [6.45, 7) is 11.5. The number of amides is 1. The number of carbonyl (C=O) groups excluding carboxylic acids is 2. The van der Waals surface area contributed by atoms with Gasteiger partial charge in [0.25, 0.3) is 5.91 Å². The van der Waals surface area contributed by atoms with Crippen molar-refractivity contribution in [2.75, 3.05) is 13.7 Å². The molecule has 0 saturated heterocycles. The summed E-state index contributed by atoms with van der Waals surface area (Å²) < 4.78 is 11.1. The molecule has 2 aromatic rings. The van der Waals surface area contributed by atoms with E-state index in [-0.39, 0.29) is 29.4 Å². The van der Waals surface area contributed by atoms with Crippen LogP contribution in [0, 0.1) is 0 Å². The molecule has 1 heterocycles. The van der Waals surface area contributed by atoms with Gasteiger partial charge < -0.3 is 19.5 Å². The van der Waals surface area contributed by atoms with Crippen molar-refractivity contribution in [1.82, 2.24) is 15.3 Å². The molecule has 2 N–H and O–H groups in total. The number of aromatic amines is 1. The highest BCUT2D eigenvalue weighted by Crippen LogP contribution is 2.36. The zero-order chi connectivity index (χ0) is 23.1. The second-order valence-electron chi connectivity index (χ2n) is 9.32. The Hall–Kier alpha value is -2.45. The monoisotopic (exact) mass is 445 g/mol. The van der Waals surface area contributed by atoms with Crippen molar-refractivity contribution in [2.45, 2.75) is 64.2 Å². The van der Waals surface area contributed by atoms with Crippen LogP contribution < -0.4 is 5.32 Å². The van der Waals surface area contributed by atoms with Crippen LogP contribution in [0.4, 0.5) is 0 Å². The first-order valence-corrected chi connectivity index (χ1v) is 13.5. The normalized spacial score (nSPS) is 13.0. The minimum Gasteiger partial charge on any atom is -0.469 e.